The zero-order valence-electron chi connectivity index (χ0n) is 20.2. The van der Waals surface area contributed by atoms with Crippen LogP contribution in [0.4, 0.5) is 0 Å². The number of epoxide rings is 1. The minimum absolute atomic E-state index is 0.0258. The van der Waals surface area contributed by atoms with Gasteiger partial charge in [0.2, 0.25) is 0 Å². The molecule has 0 amide bonds. The first-order chi connectivity index (χ1) is 15.6. The lowest BCUT2D eigenvalue weighted by atomic mass is 9.56. The first kappa shape index (κ1) is 25.2. The molecule has 33 heavy (non-hydrogen) atoms. The van der Waals surface area contributed by atoms with Crippen molar-refractivity contribution in [3.8, 4) is 0 Å². The molecule has 1 saturated heterocycles. The lowest BCUT2D eigenvalue weighted by Crippen LogP contribution is -2.57. The van der Waals surface area contributed by atoms with E-state index in [4.69, 9.17) is 14.6 Å². The summed E-state index contributed by atoms with van der Waals surface area (Å²) < 4.78 is 11.2. The van der Waals surface area contributed by atoms with Gasteiger partial charge in [0.05, 0.1) is 13.2 Å². The molecule has 2 aliphatic carbocycles. The summed E-state index contributed by atoms with van der Waals surface area (Å²) in [5.74, 6) is -0.985. The van der Waals surface area contributed by atoms with E-state index in [1.807, 2.05) is 32.1 Å². The van der Waals surface area contributed by atoms with Gasteiger partial charge in [-0.05, 0) is 50.0 Å². The van der Waals surface area contributed by atoms with Crippen molar-refractivity contribution in [2.45, 2.75) is 64.3 Å². The molecule has 0 bridgehead atoms. The van der Waals surface area contributed by atoms with Gasteiger partial charge in [0.25, 0.3) is 0 Å². The molecule has 0 spiro atoms. The Hall–Kier alpha value is -2.44. The molecular weight excluding hydrogens is 420 g/mol. The van der Waals surface area contributed by atoms with E-state index < -0.39 is 17.2 Å². The van der Waals surface area contributed by atoms with E-state index >= 15 is 0 Å². The number of methoxy groups -OCH3 is 1. The molecule has 1 heterocycles. The van der Waals surface area contributed by atoms with Gasteiger partial charge in [0.15, 0.2) is 0 Å². The van der Waals surface area contributed by atoms with E-state index in [1.165, 1.54) is 13.2 Å². The second-order valence-electron chi connectivity index (χ2n) is 9.63. The Morgan fingerprint density at radius 3 is 2.64 bits per heavy atom. The van der Waals surface area contributed by atoms with Crippen LogP contribution < -0.4 is 0 Å². The minimum Gasteiger partial charge on any atom is -0.478 e. The molecule has 6 heteroatoms. The molecule has 1 aliphatic heterocycles. The number of allylic oxidation sites excluding steroid dienone is 6. The third kappa shape index (κ3) is 4.64. The van der Waals surface area contributed by atoms with Crippen molar-refractivity contribution in [2.24, 2.45) is 23.7 Å². The molecule has 2 N–H and O–H groups in total. The van der Waals surface area contributed by atoms with Crippen molar-refractivity contribution in [2.75, 3.05) is 7.11 Å². The van der Waals surface area contributed by atoms with E-state index in [-0.39, 0.29) is 29.8 Å². The number of ether oxygens (including phenoxy) is 2. The number of hydrogen-bond donors (Lipinski definition) is 2. The zero-order chi connectivity index (χ0) is 24.4. The normalized spacial score (nSPS) is 37.0. The number of esters is 1. The molecule has 1 unspecified atom stereocenters. The molecule has 3 aliphatic rings. The summed E-state index contributed by atoms with van der Waals surface area (Å²) >= 11 is 0. The van der Waals surface area contributed by atoms with E-state index in [1.54, 1.807) is 12.2 Å². The summed E-state index contributed by atoms with van der Waals surface area (Å²) in [5, 5.41) is 21.0. The van der Waals surface area contributed by atoms with Crippen LogP contribution in [0.2, 0.25) is 0 Å². The van der Waals surface area contributed by atoms with Crippen LogP contribution in [-0.2, 0) is 19.1 Å². The molecule has 180 valence electrons. The Kier molecular flexibility index (Phi) is 7.49. The molecule has 0 radical (unpaired) electrons. The molecule has 6 nitrogen and oxygen atoms in total. The number of carboxylic acid groups (broad SMARTS) is 1. The first-order valence-corrected chi connectivity index (χ1v) is 11.7. The molecule has 0 aromatic heterocycles. The lowest BCUT2D eigenvalue weighted by Gasteiger charge is -2.50. The maximum Gasteiger partial charge on any atom is 0.333 e. The van der Waals surface area contributed by atoms with Crippen molar-refractivity contribution >= 4 is 11.9 Å². The van der Waals surface area contributed by atoms with Gasteiger partial charge in [0, 0.05) is 17.6 Å². The van der Waals surface area contributed by atoms with Gasteiger partial charge in [-0.2, -0.15) is 0 Å². The molecule has 3 rings (SSSR count). The van der Waals surface area contributed by atoms with Gasteiger partial charge in [0.1, 0.15) is 11.2 Å². The second kappa shape index (κ2) is 9.82. The number of carbonyl (C=O) groups is 2. The van der Waals surface area contributed by atoms with Crippen molar-refractivity contribution in [3.63, 3.8) is 0 Å². The minimum atomic E-state index is -1.18. The first-order valence-electron chi connectivity index (χ1n) is 11.7. The van der Waals surface area contributed by atoms with Crippen LogP contribution in [-0.4, -0.2) is 46.6 Å². The topological polar surface area (TPSA) is 96.4 Å². The van der Waals surface area contributed by atoms with Gasteiger partial charge in [-0.25, -0.2) is 9.59 Å². The Morgan fingerprint density at radius 2 is 2.00 bits per heavy atom. The molecule has 0 aromatic rings. The summed E-state index contributed by atoms with van der Waals surface area (Å²) in [5.41, 5.74) is -0.323. The van der Waals surface area contributed by atoms with Gasteiger partial charge in [-0.1, -0.05) is 62.8 Å². The maximum absolute atomic E-state index is 12.3. The van der Waals surface area contributed by atoms with Gasteiger partial charge in [-0.3, -0.25) is 0 Å². The quantitative estimate of drug-likeness (QED) is 0.185. The Bertz CT molecular complexity index is 925. The highest BCUT2D eigenvalue weighted by Gasteiger charge is 2.70. The van der Waals surface area contributed by atoms with Crippen LogP contribution >= 0.6 is 0 Å². The average Bonchev–Trinajstić information content (AvgIpc) is 3.49. The van der Waals surface area contributed by atoms with E-state index in [0.717, 1.165) is 18.1 Å². The fourth-order valence-corrected chi connectivity index (χ4v) is 5.72. The van der Waals surface area contributed by atoms with Crippen molar-refractivity contribution in [3.05, 3.63) is 59.8 Å². The third-order valence-corrected chi connectivity index (χ3v) is 7.76. The number of carbonyl (C=O) groups excluding carboxylic acids is 1. The average molecular weight is 457 g/mol. The third-order valence-electron chi connectivity index (χ3n) is 7.76. The SMILES string of the molecule is CCC(C)[C@@H]1O[C@@]1(C)[C@]1(O)C(C)=C[C@@H]2CC(C(=O)OC)=CC[C@H]2[C@@H]1/C=C/C=C/C=C/C(=O)O. The summed E-state index contributed by atoms with van der Waals surface area (Å²) in [6.45, 7) is 8.24. The van der Waals surface area contributed by atoms with E-state index in [9.17, 15) is 14.7 Å². The highest BCUT2D eigenvalue weighted by molar-refractivity contribution is 5.88. The summed E-state index contributed by atoms with van der Waals surface area (Å²) in [7, 11) is 1.40. The second-order valence-corrected chi connectivity index (χ2v) is 9.63. The van der Waals surface area contributed by atoms with Crippen LogP contribution in [0.1, 0.15) is 47.0 Å². The Morgan fingerprint density at radius 1 is 1.30 bits per heavy atom. The molecule has 7 atom stereocenters. The fourth-order valence-electron chi connectivity index (χ4n) is 5.72. The highest BCUT2D eigenvalue weighted by Crippen LogP contribution is 2.60. The summed E-state index contributed by atoms with van der Waals surface area (Å²) in [6.07, 6.45) is 16.1. The standard InChI is InChI=1S/C27H36O6/c1-6-17(2)24-26(4,33-24)27(31)18(3)15-20-16-19(25(30)32-5)13-14-21(20)22(27)11-9-7-8-10-12-23(28)29/h7-13,15,17,20-22,24,31H,6,14,16H2,1-5H3,(H,28,29)/b8-7+,11-9+,12-10+/t17?,20-,21-,22+,24+,26-,27+/m1/s1. The number of fused-ring (bicyclic) bond motifs is 1. The summed E-state index contributed by atoms with van der Waals surface area (Å²) in [4.78, 5) is 22.8. The van der Waals surface area contributed by atoms with Crippen molar-refractivity contribution in [1.29, 1.82) is 0 Å². The highest BCUT2D eigenvalue weighted by atomic mass is 16.6. The van der Waals surface area contributed by atoms with Crippen LogP contribution in [0, 0.1) is 23.7 Å². The maximum atomic E-state index is 12.3. The summed E-state index contributed by atoms with van der Waals surface area (Å²) in [6, 6.07) is 0. The van der Waals surface area contributed by atoms with E-state index in [2.05, 4.69) is 19.9 Å². The van der Waals surface area contributed by atoms with Crippen LogP contribution in [0.3, 0.4) is 0 Å². The zero-order valence-corrected chi connectivity index (χ0v) is 20.2. The molecule has 0 aromatic carbocycles. The van der Waals surface area contributed by atoms with Crippen LogP contribution in [0.15, 0.2) is 59.8 Å². The predicted molar refractivity (Wildman–Crippen MR) is 126 cm³/mol. The smallest absolute Gasteiger partial charge is 0.333 e. The lowest BCUT2D eigenvalue weighted by molar-refractivity contribution is -0.136. The number of rotatable bonds is 8. The monoisotopic (exact) mass is 456 g/mol. The number of hydrogen-bond acceptors (Lipinski definition) is 5. The molecule has 1 fully saturated rings. The molecular formula is C27H36O6. The Balaban J connectivity index is 1.97. The van der Waals surface area contributed by atoms with Crippen molar-refractivity contribution < 1.29 is 29.3 Å². The van der Waals surface area contributed by atoms with Crippen LogP contribution in [0.5, 0.6) is 0 Å². The van der Waals surface area contributed by atoms with Gasteiger partial charge >= 0.3 is 11.9 Å². The number of aliphatic carboxylic acids is 1. The van der Waals surface area contributed by atoms with Crippen molar-refractivity contribution in [1.82, 2.24) is 0 Å². The van der Waals surface area contributed by atoms with Gasteiger partial charge in [-0.15, -0.1) is 0 Å². The van der Waals surface area contributed by atoms with Gasteiger partial charge < -0.3 is 19.7 Å². The largest absolute Gasteiger partial charge is 0.478 e. The van der Waals surface area contributed by atoms with E-state index in [0.29, 0.717) is 24.3 Å². The Labute approximate surface area is 196 Å². The predicted octanol–water partition coefficient (Wildman–Crippen LogP) is 4.38. The number of aliphatic hydroxyl groups is 1. The number of carboxylic acids is 1. The molecule has 0 saturated carbocycles. The van der Waals surface area contributed by atoms with Crippen LogP contribution in [0.25, 0.3) is 0 Å². The fraction of sp³-hybridized carbons (Fsp3) is 0.556.